The molecule has 5 nitrogen and oxygen atoms in total. The third kappa shape index (κ3) is 4.83. The Bertz CT molecular complexity index is 406. The van der Waals surface area contributed by atoms with E-state index < -0.39 is 11.8 Å². The fraction of sp³-hybridized carbons (Fsp3) is 0.533. The lowest BCUT2D eigenvalue weighted by atomic mass is 9.97. The van der Waals surface area contributed by atoms with Gasteiger partial charge >= 0.3 is 6.16 Å². The predicted molar refractivity (Wildman–Crippen MR) is 74.3 cm³/mol. The van der Waals surface area contributed by atoms with E-state index in [-0.39, 0.29) is 12.9 Å². The van der Waals surface area contributed by atoms with Gasteiger partial charge < -0.3 is 18.9 Å². The van der Waals surface area contributed by atoms with Crippen LogP contribution in [0.3, 0.4) is 0 Å². The zero-order chi connectivity index (χ0) is 15.0. The Kier molecular flexibility index (Phi) is 6.48. The zero-order valence-electron chi connectivity index (χ0n) is 12.4. The van der Waals surface area contributed by atoms with Crippen LogP contribution >= 0.6 is 0 Å². The summed E-state index contributed by atoms with van der Waals surface area (Å²) >= 11 is 0. The van der Waals surface area contributed by atoms with Gasteiger partial charge in [-0.1, -0.05) is 30.3 Å². The number of methoxy groups -OCH3 is 1. The summed E-state index contributed by atoms with van der Waals surface area (Å²) in [5, 5.41) is 0. The van der Waals surface area contributed by atoms with E-state index in [1.54, 1.807) is 13.8 Å². The highest BCUT2D eigenvalue weighted by molar-refractivity contribution is 5.60. The summed E-state index contributed by atoms with van der Waals surface area (Å²) < 4.78 is 20.8. The molecule has 112 valence electrons. The van der Waals surface area contributed by atoms with Crippen LogP contribution in [0.1, 0.15) is 26.3 Å². The first kappa shape index (κ1) is 16.5. The van der Waals surface area contributed by atoms with E-state index in [4.69, 9.17) is 14.2 Å². The van der Waals surface area contributed by atoms with Gasteiger partial charge in [0.2, 0.25) is 0 Å². The lowest BCUT2D eigenvalue weighted by Crippen LogP contribution is -2.36. The average molecular weight is 282 g/mol. The lowest BCUT2D eigenvalue weighted by Gasteiger charge is -2.30. The third-order valence-electron chi connectivity index (χ3n) is 2.85. The van der Waals surface area contributed by atoms with Gasteiger partial charge in [0.15, 0.2) is 11.9 Å². The van der Waals surface area contributed by atoms with Crippen LogP contribution < -0.4 is 0 Å². The number of rotatable bonds is 7. The number of carbonyl (C=O) groups excluding carboxylic acids is 1. The number of carbonyl (C=O) groups is 1. The Morgan fingerprint density at radius 1 is 1.25 bits per heavy atom. The summed E-state index contributed by atoms with van der Waals surface area (Å²) in [7, 11) is 1.28. The van der Waals surface area contributed by atoms with Crippen molar-refractivity contribution < 1.29 is 23.7 Å². The second kappa shape index (κ2) is 7.87. The van der Waals surface area contributed by atoms with E-state index in [2.05, 4.69) is 4.74 Å². The molecule has 0 aliphatic rings. The maximum absolute atomic E-state index is 11.4. The molecule has 1 aromatic carbocycles. The summed E-state index contributed by atoms with van der Waals surface area (Å²) in [4.78, 5) is 11.4. The van der Waals surface area contributed by atoms with Crippen molar-refractivity contribution in [3.63, 3.8) is 0 Å². The van der Waals surface area contributed by atoms with Crippen LogP contribution in [0.4, 0.5) is 4.79 Å². The van der Waals surface area contributed by atoms with Crippen molar-refractivity contribution in [2.75, 3.05) is 20.3 Å². The minimum atomic E-state index is -0.931. The summed E-state index contributed by atoms with van der Waals surface area (Å²) in [6.45, 7) is 6.19. The van der Waals surface area contributed by atoms with Crippen molar-refractivity contribution in [1.82, 2.24) is 0 Å². The smallest absolute Gasteiger partial charge is 0.438 e. The Labute approximate surface area is 119 Å². The number of benzene rings is 1. The Morgan fingerprint density at radius 3 is 2.45 bits per heavy atom. The van der Waals surface area contributed by atoms with Crippen molar-refractivity contribution in [2.24, 2.45) is 0 Å². The molecule has 1 aromatic rings. The molecule has 0 aliphatic carbocycles. The molecule has 0 aromatic heterocycles. The van der Waals surface area contributed by atoms with Crippen LogP contribution in [-0.2, 0) is 24.5 Å². The predicted octanol–water partition coefficient (Wildman–Crippen LogP) is 3.08. The molecular weight excluding hydrogens is 260 g/mol. The standard InChI is InChI=1S/C15H22O5/c1-5-18-12(2)19-11-15(3,20-14(16)17-4)13-9-7-6-8-10-13/h6-10,12H,5,11H2,1-4H3. The number of hydrogen-bond acceptors (Lipinski definition) is 5. The van der Waals surface area contributed by atoms with Gasteiger partial charge in [0.05, 0.1) is 13.7 Å². The van der Waals surface area contributed by atoms with Gasteiger partial charge in [-0.3, -0.25) is 0 Å². The molecular formula is C15H22O5. The molecule has 2 unspecified atom stereocenters. The van der Waals surface area contributed by atoms with Crippen LogP contribution in [0.2, 0.25) is 0 Å². The van der Waals surface area contributed by atoms with Crippen LogP contribution in [0, 0.1) is 0 Å². The van der Waals surface area contributed by atoms with Gasteiger partial charge in [-0.05, 0) is 26.3 Å². The molecule has 0 aliphatic heterocycles. The van der Waals surface area contributed by atoms with Crippen molar-refractivity contribution in [1.29, 1.82) is 0 Å². The zero-order valence-corrected chi connectivity index (χ0v) is 12.4. The highest BCUT2D eigenvalue weighted by Gasteiger charge is 2.32. The second-order valence-electron chi connectivity index (χ2n) is 4.49. The van der Waals surface area contributed by atoms with E-state index in [0.717, 1.165) is 5.56 Å². The third-order valence-corrected chi connectivity index (χ3v) is 2.85. The maximum Gasteiger partial charge on any atom is 0.508 e. The van der Waals surface area contributed by atoms with E-state index in [1.807, 2.05) is 37.3 Å². The Morgan fingerprint density at radius 2 is 1.90 bits per heavy atom. The van der Waals surface area contributed by atoms with Crippen LogP contribution in [-0.4, -0.2) is 32.8 Å². The molecule has 1 rings (SSSR count). The first-order valence-electron chi connectivity index (χ1n) is 6.57. The van der Waals surface area contributed by atoms with Crippen molar-refractivity contribution in [3.05, 3.63) is 35.9 Å². The highest BCUT2D eigenvalue weighted by Crippen LogP contribution is 2.27. The molecule has 0 saturated carbocycles. The summed E-state index contributed by atoms with van der Waals surface area (Å²) in [5.74, 6) is 0. The van der Waals surface area contributed by atoms with Gasteiger partial charge in [-0.2, -0.15) is 0 Å². The van der Waals surface area contributed by atoms with Crippen LogP contribution in [0.25, 0.3) is 0 Å². The van der Waals surface area contributed by atoms with Gasteiger partial charge in [-0.25, -0.2) is 4.79 Å². The van der Waals surface area contributed by atoms with Gasteiger partial charge in [-0.15, -0.1) is 0 Å². The fourth-order valence-electron chi connectivity index (χ4n) is 1.75. The van der Waals surface area contributed by atoms with Crippen LogP contribution in [0.5, 0.6) is 0 Å². The minimum Gasteiger partial charge on any atom is -0.438 e. The fourth-order valence-corrected chi connectivity index (χ4v) is 1.75. The molecule has 0 saturated heterocycles. The molecule has 20 heavy (non-hydrogen) atoms. The Balaban J connectivity index is 2.82. The van der Waals surface area contributed by atoms with E-state index in [0.29, 0.717) is 6.61 Å². The maximum atomic E-state index is 11.4. The lowest BCUT2D eigenvalue weighted by molar-refractivity contribution is -0.168. The minimum absolute atomic E-state index is 0.174. The van der Waals surface area contributed by atoms with Gasteiger partial charge in [0.1, 0.15) is 0 Å². The van der Waals surface area contributed by atoms with Crippen molar-refractivity contribution in [2.45, 2.75) is 32.7 Å². The Hall–Kier alpha value is -1.59. The van der Waals surface area contributed by atoms with Crippen molar-refractivity contribution in [3.8, 4) is 0 Å². The van der Waals surface area contributed by atoms with E-state index >= 15 is 0 Å². The van der Waals surface area contributed by atoms with Gasteiger partial charge in [0.25, 0.3) is 0 Å². The molecule has 0 radical (unpaired) electrons. The summed E-state index contributed by atoms with van der Waals surface area (Å²) in [6.07, 6.45) is -1.12. The number of hydrogen-bond donors (Lipinski definition) is 0. The molecule has 0 spiro atoms. The van der Waals surface area contributed by atoms with Crippen LogP contribution in [0.15, 0.2) is 30.3 Å². The molecule has 0 amide bonds. The largest absolute Gasteiger partial charge is 0.508 e. The molecule has 0 fully saturated rings. The number of ether oxygens (including phenoxy) is 4. The normalized spacial score (nSPS) is 15.2. The second-order valence-corrected chi connectivity index (χ2v) is 4.49. The highest BCUT2D eigenvalue weighted by atomic mass is 16.7. The first-order chi connectivity index (χ1) is 9.51. The molecule has 5 heteroatoms. The molecule has 0 heterocycles. The van der Waals surface area contributed by atoms with Crippen molar-refractivity contribution >= 4 is 6.16 Å². The summed E-state index contributed by atoms with van der Waals surface area (Å²) in [5.41, 5.74) is -0.103. The topological polar surface area (TPSA) is 54.0 Å². The SMILES string of the molecule is CCOC(C)OCC(C)(OC(=O)OC)c1ccccc1. The van der Waals surface area contributed by atoms with Gasteiger partial charge in [0, 0.05) is 6.61 Å². The average Bonchev–Trinajstić information content (AvgIpc) is 2.46. The first-order valence-corrected chi connectivity index (χ1v) is 6.57. The monoisotopic (exact) mass is 282 g/mol. The van der Waals surface area contributed by atoms with E-state index in [1.165, 1.54) is 7.11 Å². The molecule has 0 N–H and O–H groups in total. The molecule has 2 atom stereocenters. The quantitative estimate of drug-likeness (QED) is 0.568. The summed E-state index contributed by atoms with van der Waals surface area (Å²) in [6, 6.07) is 9.39. The van der Waals surface area contributed by atoms with E-state index in [9.17, 15) is 4.79 Å². The molecule has 0 bridgehead atoms.